The van der Waals surface area contributed by atoms with E-state index in [2.05, 4.69) is 157 Å². The Hall–Kier alpha value is -6.60. The molecule has 19 N–H and O–H groups in total. The third-order valence-electron chi connectivity index (χ3n) is 16.5. The molecular weight excluding hydrogens is 1580 g/mol. The van der Waals surface area contributed by atoms with Crippen LogP contribution in [-0.4, -0.2) is 277 Å². The van der Waals surface area contributed by atoms with Gasteiger partial charge in [0, 0.05) is 53.9 Å². The van der Waals surface area contributed by atoms with E-state index in [0.29, 0.717) is 24.0 Å². The summed E-state index contributed by atoms with van der Waals surface area (Å²) < 4.78 is 5.28. The van der Waals surface area contributed by atoms with Crippen LogP contribution >= 0.6 is 98.2 Å². The average molecular weight is 1680 g/mol. The molecule has 109 heavy (non-hydrogen) atoms. The van der Waals surface area contributed by atoms with Crippen molar-refractivity contribution in [1.29, 1.82) is 0 Å². The molecule has 1 aliphatic rings. The number of hydrazine groups is 3. The van der Waals surface area contributed by atoms with Gasteiger partial charge in [0.2, 0.25) is 64.5 Å². The number of hydrogen-bond acceptors (Lipinski definition) is 36. The number of amides is 7. The lowest BCUT2D eigenvalue weighted by atomic mass is 9.95. The van der Waals surface area contributed by atoms with Gasteiger partial charge in [-0.25, -0.2) is 32.6 Å². The number of aliphatic carboxylic acids is 1. The molecule has 0 aliphatic carbocycles. The van der Waals surface area contributed by atoms with Crippen molar-refractivity contribution in [3.8, 4) is 11.5 Å². The van der Waals surface area contributed by atoms with Crippen LogP contribution in [0.5, 0.6) is 11.5 Å². The van der Waals surface area contributed by atoms with E-state index >= 15 is 0 Å². The molecule has 1 heterocycles. The van der Waals surface area contributed by atoms with Gasteiger partial charge in [0.1, 0.15) is 53.8 Å². The smallest absolute Gasteiger partial charge is 0.324 e. The van der Waals surface area contributed by atoms with Gasteiger partial charge in [-0.2, -0.15) is 75.8 Å². The number of aromatic hydroxyl groups is 2. The Morgan fingerprint density at radius 2 is 1.03 bits per heavy atom. The maximum absolute atomic E-state index is 14.3. The fourth-order valence-corrected chi connectivity index (χ4v) is 12.5. The number of aliphatic hydroxyl groups excluding tert-OH is 1. The minimum Gasteiger partial charge on any atom is -0.508 e. The predicted octanol–water partition coefficient (Wildman–Crippen LogP) is -5.43. The van der Waals surface area contributed by atoms with Crippen molar-refractivity contribution in [3.63, 3.8) is 0 Å². The van der Waals surface area contributed by atoms with Crippen molar-refractivity contribution in [2.24, 2.45) is 5.73 Å². The number of thiol groups is 7. The normalized spacial score (nSPS) is 16.3. The van der Waals surface area contributed by atoms with E-state index in [1.54, 1.807) is 19.1 Å². The number of nitrogens with one attached hydrogen (secondary N) is 13. The molecule has 36 nitrogen and oxygen atoms in total. The number of nitrogens with zero attached hydrogens (tertiary/aromatic N) is 1. The number of carbonyl (C=O) groups excluding carboxylic acids is 15. The number of likely N-dealkylation sites (tertiary alicyclic amines) is 1. The maximum Gasteiger partial charge on any atom is 0.324 e. The molecule has 0 bridgehead atoms. The van der Waals surface area contributed by atoms with Crippen molar-refractivity contribution in [2.75, 3.05) is 73.1 Å². The van der Waals surface area contributed by atoms with Crippen LogP contribution in [0.3, 0.4) is 0 Å². The van der Waals surface area contributed by atoms with Crippen LogP contribution in [0, 0.1) is 0 Å². The van der Waals surface area contributed by atoms with Gasteiger partial charge in [-0.15, -0.1) is 11.7 Å². The summed E-state index contributed by atoms with van der Waals surface area (Å²) in [6.45, 7) is 2.60. The summed E-state index contributed by atoms with van der Waals surface area (Å²) in [5.41, 5.74) is 22.2. The van der Waals surface area contributed by atoms with E-state index < -0.39 is 229 Å². The summed E-state index contributed by atoms with van der Waals surface area (Å²) in [7, 11) is 0.920. The first-order chi connectivity index (χ1) is 51.7. The highest BCUT2D eigenvalue weighted by Gasteiger charge is 2.41. The van der Waals surface area contributed by atoms with Crippen molar-refractivity contribution in [2.45, 2.75) is 157 Å². The molecule has 1 aliphatic heterocycles. The Kier molecular flexibility index (Phi) is 45.3. The first-order valence-electron chi connectivity index (χ1n) is 34.1. The number of benzene rings is 2. The summed E-state index contributed by atoms with van der Waals surface area (Å²) >= 11 is 29.1. The van der Waals surface area contributed by atoms with Crippen LogP contribution in [0.2, 0.25) is 0 Å². The van der Waals surface area contributed by atoms with E-state index in [-0.39, 0.29) is 72.0 Å². The Balaban J connectivity index is 1.64. The van der Waals surface area contributed by atoms with Crippen molar-refractivity contribution in [1.82, 2.24) is 74.7 Å². The molecule has 2 aromatic carbocycles. The summed E-state index contributed by atoms with van der Waals surface area (Å²) in [5, 5.41) is 57.2. The lowest BCUT2D eigenvalue weighted by molar-refractivity contribution is -0.147. The molecule has 3 rings (SSSR count). The number of phenolic OH excluding ortho intramolecular Hbond substituents is 2. The fraction of sp³-hybridized carbons (Fsp3) is 0.569. The number of nitrogens with two attached hydrogens (primary N) is 1. The molecular formula is C65H97N15O21S8. The standard InChI is InChI=1S/C65H97N15O21S8/c1-4-18-101-65(100)41(20-35-9-13-37(83)14-10-35)76-77-45(28-105)59(94)69-24-51(86)58(93)55(33(3)81)73-60(95)43(26-103)68-22-49(84)32(2)67-23-50(85)48-6-5-17-80(48)64(99)40(21-53(66)88)75-79-47(30-107)63(98)72-44(27-104)61(96)70-39(19-34-7-11-36(82)12-8-34)57(92)56(91)38(15-16-54(89)90)74-78-46(29-106)62(97)71-42(25-102)52(87)31-109-108/h7-14,32-33,38-48,55,67-68,74-79,81-83,102-108H,4-6,15-31H2,1-3H3,(H2,66,88)(H,69,94)(H,70,96)(H,71,97)(H,72,98)(H,73,95)(H,89,90)/t32-,33+,38-,39-,40-,41?,42-,43-,44-,45-,46-,47-,48-,55-/m0/s1. The first kappa shape index (κ1) is 96.6. The fourth-order valence-electron chi connectivity index (χ4n) is 10.2. The molecule has 14 atom stereocenters. The van der Waals surface area contributed by atoms with Gasteiger partial charge < -0.3 is 67.7 Å². The van der Waals surface area contributed by atoms with Crippen LogP contribution in [0.15, 0.2) is 48.5 Å². The molecule has 0 saturated carbocycles. The van der Waals surface area contributed by atoms with Crippen LogP contribution in [-0.2, 0) is 94.3 Å². The predicted molar refractivity (Wildman–Crippen MR) is 423 cm³/mol. The molecule has 1 unspecified atom stereocenters. The van der Waals surface area contributed by atoms with Crippen LogP contribution in [0.4, 0.5) is 0 Å². The zero-order valence-corrected chi connectivity index (χ0v) is 66.7. The number of Topliss-reactive ketones (excluding diaryl/α,β-unsaturated/α-hetero) is 7. The number of primary amides is 1. The molecule has 2 aromatic rings. The summed E-state index contributed by atoms with van der Waals surface area (Å²) in [5.74, 6) is -16.8. The number of aliphatic hydroxyl groups is 1. The highest BCUT2D eigenvalue weighted by molar-refractivity contribution is 8.68. The quantitative estimate of drug-likeness (QED) is 0.00966. The van der Waals surface area contributed by atoms with E-state index in [0.717, 1.165) is 17.7 Å². The molecule has 0 radical (unpaired) electrons. The third kappa shape index (κ3) is 33.3. The Bertz CT molecular complexity index is 3450. The molecule has 1 fully saturated rings. The van der Waals surface area contributed by atoms with Gasteiger partial charge in [-0.05, 0) is 81.3 Å². The van der Waals surface area contributed by atoms with Crippen LogP contribution in [0.1, 0.15) is 70.4 Å². The van der Waals surface area contributed by atoms with E-state index in [1.807, 2.05) is 0 Å². The third-order valence-corrected chi connectivity index (χ3v) is 19.5. The summed E-state index contributed by atoms with van der Waals surface area (Å²) in [6, 6.07) is -6.38. The Morgan fingerprint density at radius 1 is 0.560 bits per heavy atom. The van der Waals surface area contributed by atoms with Crippen molar-refractivity contribution >= 4 is 192 Å². The van der Waals surface area contributed by atoms with Crippen LogP contribution in [0.25, 0.3) is 0 Å². The maximum atomic E-state index is 14.3. The van der Waals surface area contributed by atoms with Gasteiger partial charge in [-0.1, -0.05) is 42.0 Å². The molecule has 606 valence electrons. The van der Waals surface area contributed by atoms with Gasteiger partial charge in [0.25, 0.3) is 0 Å². The number of rotatable bonds is 56. The van der Waals surface area contributed by atoms with E-state index in [1.165, 1.54) is 48.2 Å². The van der Waals surface area contributed by atoms with E-state index in [4.69, 9.17) is 10.5 Å². The van der Waals surface area contributed by atoms with Crippen LogP contribution < -0.4 is 75.5 Å². The number of hydrogen-bond donors (Lipinski definition) is 25. The highest BCUT2D eigenvalue weighted by atomic mass is 33.1. The molecule has 7 amide bonds. The lowest BCUT2D eigenvalue weighted by Gasteiger charge is -2.30. The molecule has 0 aromatic heterocycles. The number of carboxylic acid groups (broad SMARTS) is 1. The van der Waals surface area contributed by atoms with Gasteiger partial charge in [0.05, 0.1) is 80.8 Å². The Morgan fingerprint density at radius 3 is 1.53 bits per heavy atom. The van der Waals surface area contributed by atoms with Crippen molar-refractivity contribution < 1.29 is 102 Å². The minimum absolute atomic E-state index is 0.00526. The largest absolute Gasteiger partial charge is 0.508 e. The molecule has 1 saturated heterocycles. The molecule has 0 spiro atoms. The summed E-state index contributed by atoms with van der Waals surface area (Å²) in [6.07, 6.45) is -2.84. The number of phenols is 2. The zero-order valence-electron chi connectivity index (χ0n) is 59.6. The number of carbonyl (C=O) groups is 16. The number of ether oxygens (including phenoxy) is 1. The summed E-state index contributed by atoms with van der Waals surface area (Å²) in [4.78, 5) is 215. The average Bonchev–Trinajstić information content (AvgIpc) is 1.78. The Labute approximate surface area is 670 Å². The van der Waals surface area contributed by atoms with Gasteiger partial charge >= 0.3 is 11.9 Å². The monoisotopic (exact) mass is 1680 g/mol. The number of carboxylic acids is 1. The minimum atomic E-state index is -1.83. The van der Waals surface area contributed by atoms with E-state index in [9.17, 15) is 97.1 Å². The SMILES string of the molecule is CCCOC(=O)C(Cc1ccc(O)cc1)NN[C@@H](CS)C(=O)NCC(=O)C(=O)[C@@H](NC(=O)[C@H](CS)NCC(=O)[C@H](C)NCC(=O)[C@@H]1CCCN1C(=O)[C@H](CC(N)=O)NN[C@@H](CS)C(=O)N[C@@H](CS)C(=O)N[C@@H](Cc1ccc(O)cc1)C(=O)C(=O)[C@H](CCC(=O)O)NN[C@@H](CS)C(=O)N[C@@H](CS)C(=O)CSS)[C@@H](C)O. The number of esters is 1. The first-order valence-corrected chi connectivity index (χ1v) is 39.9. The second-order valence-electron chi connectivity index (χ2n) is 24.8. The topological polar surface area (TPSA) is 549 Å². The second-order valence-corrected chi connectivity index (χ2v) is 28.3. The molecule has 44 heteroatoms. The van der Waals surface area contributed by atoms with Crippen molar-refractivity contribution in [3.05, 3.63) is 59.7 Å². The highest BCUT2D eigenvalue weighted by Crippen LogP contribution is 2.21. The van der Waals surface area contributed by atoms with Gasteiger partial charge in [0.15, 0.2) is 17.3 Å². The number of ketones is 7. The second kappa shape index (κ2) is 51.1. The van der Waals surface area contributed by atoms with Gasteiger partial charge in [-0.3, -0.25) is 82.0 Å². The lowest BCUT2D eigenvalue weighted by Crippen LogP contribution is -2.62. The zero-order chi connectivity index (χ0) is 81.6.